The fourth-order valence-electron chi connectivity index (χ4n) is 1.37. The lowest BCUT2D eigenvalue weighted by Gasteiger charge is -2.14. The fraction of sp³-hybridized carbons (Fsp3) is 0.222. The van der Waals surface area contributed by atoms with Gasteiger partial charge in [-0.2, -0.15) is 0 Å². The van der Waals surface area contributed by atoms with Gasteiger partial charge in [0.2, 0.25) is 0 Å². The zero-order chi connectivity index (χ0) is 10.1. The van der Waals surface area contributed by atoms with Gasteiger partial charge < -0.3 is 4.74 Å². The Morgan fingerprint density at radius 1 is 1.64 bits per heavy atom. The van der Waals surface area contributed by atoms with E-state index < -0.39 is 5.92 Å². The first-order valence-electron chi connectivity index (χ1n) is 4.00. The molecule has 4 nitrogen and oxygen atoms in total. The normalized spacial score (nSPS) is 23.6. The molecule has 0 bridgehead atoms. The number of hydrogen-bond donors (Lipinski definition) is 0. The molecule has 14 heavy (non-hydrogen) atoms. The quantitative estimate of drug-likeness (QED) is 0.665. The van der Waals surface area contributed by atoms with Crippen molar-refractivity contribution in [3.63, 3.8) is 0 Å². The molecule has 0 unspecified atom stereocenters. The monoisotopic (exact) mass is 254 g/mol. The zero-order valence-corrected chi connectivity index (χ0v) is 8.98. The summed E-state index contributed by atoms with van der Waals surface area (Å²) in [7, 11) is 1.37. The Hall–Kier alpha value is -1.23. The summed E-state index contributed by atoms with van der Waals surface area (Å²) in [6, 6.07) is 0. The molecule has 0 aromatic carbocycles. The van der Waals surface area contributed by atoms with Gasteiger partial charge >= 0.3 is 5.97 Å². The van der Waals surface area contributed by atoms with Crippen molar-refractivity contribution >= 4 is 33.9 Å². The minimum absolute atomic E-state index is 0.300. The van der Waals surface area contributed by atoms with E-state index in [-0.39, 0.29) is 5.97 Å². The average Bonchev–Trinajstić information content (AvgIpc) is 2.59. The number of carbonyl (C=O) groups is 1. The molecule has 5 heteroatoms. The number of nitrogens with zero attached hydrogens (tertiary/aromatic N) is 2. The number of hydrogen-bond acceptors (Lipinski definition) is 4. The van der Waals surface area contributed by atoms with E-state index in [1.807, 2.05) is 0 Å². The molecule has 0 aromatic heterocycles. The van der Waals surface area contributed by atoms with Gasteiger partial charge in [-0.05, 0) is 22.0 Å². The second-order valence-electron chi connectivity index (χ2n) is 2.81. The molecule has 0 saturated carbocycles. The van der Waals surface area contributed by atoms with E-state index in [2.05, 4.69) is 25.9 Å². The van der Waals surface area contributed by atoms with Gasteiger partial charge in [-0.1, -0.05) is 0 Å². The van der Waals surface area contributed by atoms with Gasteiger partial charge in [0.05, 0.1) is 7.11 Å². The molecule has 0 radical (unpaired) electrons. The predicted molar refractivity (Wildman–Crippen MR) is 56.5 cm³/mol. The molecule has 1 atom stereocenters. The molecule has 2 aliphatic heterocycles. The summed E-state index contributed by atoms with van der Waals surface area (Å²) in [5.41, 5.74) is 0.777. The van der Waals surface area contributed by atoms with Gasteiger partial charge in [-0.25, -0.2) is 9.98 Å². The average molecular weight is 255 g/mol. The summed E-state index contributed by atoms with van der Waals surface area (Å²) in [6.07, 6.45) is 4.90. The number of methoxy groups -OCH3 is 1. The molecule has 0 aliphatic carbocycles. The van der Waals surface area contributed by atoms with Crippen molar-refractivity contribution in [2.45, 2.75) is 0 Å². The molecule has 0 saturated heterocycles. The van der Waals surface area contributed by atoms with Crippen LogP contribution >= 0.6 is 15.9 Å². The van der Waals surface area contributed by atoms with E-state index in [0.29, 0.717) is 5.84 Å². The van der Waals surface area contributed by atoms with Gasteiger partial charge in [0.1, 0.15) is 5.92 Å². The summed E-state index contributed by atoms with van der Waals surface area (Å²) in [4.78, 5) is 19.5. The fourth-order valence-corrected chi connectivity index (χ4v) is 1.90. The highest BCUT2D eigenvalue weighted by atomic mass is 79.9. The maximum Gasteiger partial charge on any atom is 0.317 e. The number of aliphatic imine (C=N–C) groups is 2. The van der Waals surface area contributed by atoms with Crippen molar-refractivity contribution in [3.8, 4) is 0 Å². The Bertz CT molecular complexity index is 407. The number of ether oxygens (including phenoxy) is 1. The molecule has 0 N–H and O–H groups in total. The number of halogens is 1. The van der Waals surface area contributed by atoms with Crippen LogP contribution < -0.4 is 0 Å². The maximum atomic E-state index is 11.4. The van der Waals surface area contributed by atoms with Gasteiger partial charge in [0.25, 0.3) is 0 Å². The van der Waals surface area contributed by atoms with E-state index >= 15 is 0 Å². The molecule has 2 heterocycles. The van der Waals surface area contributed by atoms with Gasteiger partial charge in [0, 0.05) is 22.5 Å². The first-order chi connectivity index (χ1) is 6.74. The molecule has 72 valence electrons. The van der Waals surface area contributed by atoms with E-state index in [1.165, 1.54) is 7.11 Å². The van der Waals surface area contributed by atoms with Crippen LogP contribution in [0.2, 0.25) is 0 Å². The van der Waals surface area contributed by atoms with Crippen molar-refractivity contribution in [1.82, 2.24) is 0 Å². The van der Waals surface area contributed by atoms with Crippen LogP contribution in [0.15, 0.2) is 32.3 Å². The van der Waals surface area contributed by atoms with Crippen molar-refractivity contribution in [2.24, 2.45) is 15.9 Å². The van der Waals surface area contributed by atoms with Crippen molar-refractivity contribution < 1.29 is 9.53 Å². The van der Waals surface area contributed by atoms with Crippen LogP contribution in [0.1, 0.15) is 0 Å². The molecule has 0 fully saturated rings. The topological polar surface area (TPSA) is 51.0 Å². The predicted octanol–water partition coefficient (Wildman–Crippen LogP) is 1.43. The minimum atomic E-state index is -0.399. The Morgan fingerprint density at radius 3 is 3.14 bits per heavy atom. The SMILES string of the molecule is COC(=O)[C@@H]1C=CN=C2N=CC(Br)=C21. The summed E-state index contributed by atoms with van der Waals surface area (Å²) in [5.74, 6) is -0.120. The standard InChI is InChI=1S/C9H7BrN2O2/c1-14-9(13)5-2-3-11-8-7(5)6(10)4-12-8/h2-5H,1H3/t5-/m1/s1. The largest absolute Gasteiger partial charge is 0.468 e. The maximum absolute atomic E-state index is 11.4. The Morgan fingerprint density at radius 2 is 2.43 bits per heavy atom. The summed E-state index contributed by atoms with van der Waals surface area (Å²) >= 11 is 3.33. The van der Waals surface area contributed by atoms with Gasteiger partial charge in [-0.3, -0.25) is 4.79 Å². The van der Waals surface area contributed by atoms with Crippen molar-refractivity contribution in [2.75, 3.05) is 7.11 Å². The lowest BCUT2D eigenvalue weighted by atomic mass is 9.97. The van der Waals surface area contributed by atoms with Crippen LogP contribution in [0, 0.1) is 5.92 Å². The van der Waals surface area contributed by atoms with E-state index in [0.717, 1.165) is 10.1 Å². The molecule has 0 aromatic rings. The van der Waals surface area contributed by atoms with Crippen LogP contribution in [-0.4, -0.2) is 25.1 Å². The van der Waals surface area contributed by atoms with Crippen LogP contribution in [0.25, 0.3) is 0 Å². The molecule has 0 spiro atoms. The van der Waals surface area contributed by atoms with Crippen LogP contribution in [0.3, 0.4) is 0 Å². The smallest absolute Gasteiger partial charge is 0.317 e. The van der Waals surface area contributed by atoms with Crippen LogP contribution in [-0.2, 0) is 9.53 Å². The second-order valence-corrected chi connectivity index (χ2v) is 3.67. The molecule has 2 rings (SSSR count). The Labute approximate surface area is 89.2 Å². The third kappa shape index (κ3) is 1.33. The summed E-state index contributed by atoms with van der Waals surface area (Å²) in [5, 5.41) is 0. The molecular weight excluding hydrogens is 248 g/mol. The van der Waals surface area contributed by atoms with E-state index in [9.17, 15) is 4.79 Å². The number of amidine groups is 1. The Balaban J connectivity index is 2.40. The first kappa shape index (κ1) is 9.33. The lowest BCUT2D eigenvalue weighted by molar-refractivity contribution is -0.142. The highest BCUT2D eigenvalue weighted by molar-refractivity contribution is 9.12. The molecule has 2 aliphatic rings. The molecule has 0 amide bonds. The summed E-state index contributed by atoms with van der Waals surface area (Å²) in [6.45, 7) is 0. The number of carbonyl (C=O) groups excluding carboxylic acids is 1. The third-order valence-electron chi connectivity index (χ3n) is 2.04. The zero-order valence-electron chi connectivity index (χ0n) is 7.40. The second kappa shape index (κ2) is 3.49. The van der Waals surface area contributed by atoms with Crippen molar-refractivity contribution in [3.05, 3.63) is 22.3 Å². The van der Waals surface area contributed by atoms with Crippen LogP contribution in [0.4, 0.5) is 0 Å². The summed E-state index contributed by atoms with van der Waals surface area (Å²) < 4.78 is 5.48. The third-order valence-corrected chi connectivity index (χ3v) is 2.67. The van der Waals surface area contributed by atoms with Gasteiger partial charge in [-0.15, -0.1) is 0 Å². The molecular formula is C9H7BrN2O2. The highest BCUT2D eigenvalue weighted by Crippen LogP contribution is 2.29. The van der Waals surface area contributed by atoms with Gasteiger partial charge in [0.15, 0.2) is 5.84 Å². The van der Waals surface area contributed by atoms with Crippen LogP contribution in [0.5, 0.6) is 0 Å². The minimum Gasteiger partial charge on any atom is -0.468 e. The van der Waals surface area contributed by atoms with Crippen molar-refractivity contribution in [1.29, 1.82) is 0 Å². The first-order valence-corrected chi connectivity index (χ1v) is 4.79. The lowest BCUT2D eigenvalue weighted by Crippen LogP contribution is -2.21. The number of esters is 1. The number of fused-ring (bicyclic) bond motifs is 1. The highest BCUT2D eigenvalue weighted by Gasteiger charge is 2.31. The van der Waals surface area contributed by atoms with E-state index in [4.69, 9.17) is 4.74 Å². The van der Waals surface area contributed by atoms with E-state index in [1.54, 1.807) is 18.5 Å². The number of rotatable bonds is 1. The Kier molecular flexibility index (Phi) is 2.33. The number of allylic oxidation sites excluding steroid dienone is 1.